The molecule has 0 atom stereocenters. The van der Waals surface area contributed by atoms with Gasteiger partial charge in [-0.2, -0.15) is 0 Å². The molecule has 122 valence electrons. The third-order valence-electron chi connectivity index (χ3n) is 3.18. The summed E-state index contributed by atoms with van der Waals surface area (Å²) in [5, 5.41) is 5.40. The highest BCUT2D eigenvalue weighted by atomic mass is 32.1. The molecule has 0 fully saturated rings. The second-order valence-electron chi connectivity index (χ2n) is 5.19. The molecule has 0 radical (unpaired) electrons. The maximum atomic E-state index is 13.0. The van der Waals surface area contributed by atoms with Crippen molar-refractivity contribution >= 4 is 23.2 Å². The van der Waals surface area contributed by atoms with Crippen molar-refractivity contribution in [1.82, 2.24) is 15.2 Å². The van der Waals surface area contributed by atoms with E-state index in [1.54, 1.807) is 19.2 Å². The van der Waals surface area contributed by atoms with Crippen molar-refractivity contribution in [3.63, 3.8) is 0 Å². The van der Waals surface area contributed by atoms with Crippen molar-refractivity contribution in [2.45, 2.75) is 19.9 Å². The van der Waals surface area contributed by atoms with Crippen LogP contribution in [0.25, 0.3) is 0 Å². The Kier molecular flexibility index (Phi) is 5.81. The molecule has 1 aromatic heterocycles. The average molecular weight is 335 g/mol. The zero-order valence-corrected chi connectivity index (χ0v) is 13.8. The summed E-state index contributed by atoms with van der Waals surface area (Å²) in [6, 6.07) is 5.84. The average Bonchev–Trinajstić information content (AvgIpc) is 2.90. The summed E-state index contributed by atoms with van der Waals surface area (Å²) in [5.41, 5.74) is 1.40. The molecule has 1 aromatic carbocycles. The highest BCUT2D eigenvalue weighted by molar-refractivity contribution is 7.09. The van der Waals surface area contributed by atoms with Gasteiger partial charge in [-0.1, -0.05) is 12.1 Å². The number of likely N-dealkylation sites (N-methyl/N-ethyl adjacent to an activating group) is 1. The second kappa shape index (κ2) is 7.82. The third-order valence-corrected chi connectivity index (χ3v) is 4.00. The van der Waals surface area contributed by atoms with Crippen molar-refractivity contribution in [1.29, 1.82) is 0 Å². The van der Waals surface area contributed by atoms with Gasteiger partial charge in [0, 0.05) is 12.4 Å². The Labute approximate surface area is 138 Å². The first-order valence-corrected chi connectivity index (χ1v) is 7.98. The van der Waals surface area contributed by atoms with Crippen molar-refractivity contribution in [3.8, 4) is 0 Å². The lowest BCUT2D eigenvalue weighted by Crippen LogP contribution is -2.38. The Morgan fingerprint density at radius 2 is 2.17 bits per heavy atom. The molecule has 0 spiro atoms. The van der Waals surface area contributed by atoms with E-state index >= 15 is 0 Å². The molecule has 0 saturated carbocycles. The monoisotopic (exact) mass is 335 g/mol. The first-order chi connectivity index (χ1) is 10.9. The molecule has 0 bridgehead atoms. The topological polar surface area (TPSA) is 62.3 Å². The van der Waals surface area contributed by atoms with E-state index in [9.17, 15) is 14.0 Å². The van der Waals surface area contributed by atoms with E-state index in [-0.39, 0.29) is 30.6 Å². The number of aryl methyl sites for hydroxylation is 1. The molecule has 2 aromatic rings. The number of amides is 2. The van der Waals surface area contributed by atoms with Crippen LogP contribution in [0.4, 0.5) is 4.39 Å². The van der Waals surface area contributed by atoms with Crippen molar-refractivity contribution in [2.24, 2.45) is 0 Å². The SMILES string of the molecule is Cc1nc(CN(C)C(=O)CNC(=O)Cc2cccc(F)c2)cs1. The molecule has 1 heterocycles. The van der Waals surface area contributed by atoms with Crippen LogP contribution in [0.2, 0.25) is 0 Å². The van der Waals surface area contributed by atoms with Gasteiger partial charge in [0.15, 0.2) is 0 Å². The largest absolute Gasteiger partial charge is 0.347 e. The van der Waals surface area contributed by atoms with Gasteiger partial charge in [0.2, 0.25) is 11.8 Å². The fraction of sp³-hybridized carbons (Fsp3) is 0.312. The number of thiazole rings is 1. The van der Waals surface area contributed by atoms with Gasteiger partial charge in [0.25, 0.3) is 0 Å². The minimum Gasteiger partial charge on any atom is -0.347 e. The number of benzene rings is 1. The summed E-state index contributed by atoms with van der Waals surface area (Å²) in [4.78, 5) is 29.6. The Morgan fingerprint density at radius 1 is 1.39 bits per heavy atom. The molecular formula is C16H18FN3O2S. The molecular weight excluding hydrogens is 317 g/mol. The fourth-order valence-electron chi connectivity index (χ4n) is 2.02. The highest BCUT2D eigenvalue weighted by Crippen LogP contribution is 2.09. The molecule has 7 heteroatoms. The predicted octanol–water partition coefficient (Wildman–Crippen LogP) is 1.91. The lowest BCUT2D eigenvalue weighted by molar-refractivity contribution is -0.132. The molecule has 0 aliphatic rings. The van der Waals surface area contributed by atoms with E-state index in [0.717, 1.165) is 10.7 Å². The maximum absolute atomic E-state index is 13.0. The zero-order valence-electron chi connectivity index (χ0n) is 13.0. The number of hydrogen-bond donors (Lipinski definition) is 1. The molecule has 23 heavy (non-hydrogen) atoms. The molecule has 0 unspecified atom stereocenters. The van der Waals surface area contributed by atoms with Crippen molar-refractivity contribution < 1.29 is 14.0 Å². The Bertz CT molecular complexity index is 702. The quantitative estimate of drug-likeness (QED) is 0.877. The second-order valence-corrected chi connectivity index (χ2v) is 6.25. The van der Waals surface area contributed by atoms with Gasteiger partial charge in [-0.3, -0.25) is 9.59 Å². The summed E-state index contributed by atoms with van der Waals surface area (Å²) in [5.74, 6) is -0.908. The fourth-order valence-corrected chi connectivity index (χ4v) is 2.62. The molecule has 5 nitrogen and oxygen atoms in total. The van der Waals surface area contributed by atoms with Gasteiger partial charge in [0.05, 0.1) is 30.2 Å². The number of aromatic nitrogens is 1. The number of carbonyl (C=O) groups excluding carboxylic acids is 2. The number of halogens is 1. The summed E-state index contributed by atoms with van der Waals surface area (Å²) >= 11 is 1.53. The van der Waals surface area contributed by atoms with Gasteiger partial charge in [0.1, 0.15) is 5.82 Å². The summed E-state index contributed by atoms with van der Waals surface area (Å²) in [6.45, 7) is 2.22. The Balaban J connectivity index is 1.77. The van der Waals surface area contributed by atoms with Crippen molar-refractivity contribution in [2.75, 3.05) is 13.6 Å². The van der Waals surface area contributed by atoms with Crippen LogP contribution in [0.5, 0.6) is 0 Å². The van der Waals surface area contributed by atoms with Crippen LogP contribution >= 0.6 is 11.3 Å². The van der Waals surface area contributed by atoms with Crippen LogP contribution in [-0.2, 0) is 22.6 Å². The normalized spacial score (nSPS) is 10.4. The van der Waals surface area contributed by atoms with Crippen LogP contribution < -0.4 is 5.32 Å². The predicted molar refractivity (Wildman–Crippen MR) is 86.4 cm³/mol. The van der Waals surface area contributed by atoms with Gasteiger partial charge in [-0.05, 0) is 24.6 Å². The molecule has 0 saturated heterocycles. The van der Waals surface area contributed by atoms with Crippen LogP contribution in [0.3, 0.4) is 0 Å². The van der Waals surface area contributed by atoms with E-state index < -0.39 is 0 Å². The summed E-state index contributed by atoms with van der Waals surface area (Å²) in [7, 11) is 1.66. The van der Waals surface area contributed by atoms with Gasteiger partial charge in [-0.15, -0.1) is 11.3 Å². The van der Waals surface area contributed by atoms with Crippen molar-refractivity contribution in [3.05, 3.63) is 51.7 Å². The molecule has 2 amide bonds. The lowest BCUT2D eigenvalue weighted by Gasteiger charge is -2.16. The third kappa shape index (κ3) is 5.45. The van der Waals surface area contributed by atoms with Crippen LogP contribution in [0.1, 0.15) is 16.3 Å². The van der Waals surface area contributed by atoms with E-state index in [1.807, 2.05) is 12.3 Å². The number of hydrogen-bond acceptors (Lipinski definition) is 4. The highest BCUT2D eigenvalue weighted by Gasteiger charge is 2.12. The van der Waals surface area contributed by atoms with Crippen LogP contribution in [-0.4, -0.2) is 35.3 Å². The van der Waals surface area contributed by atoms with E-state index in [4.69, 9.17) is 0 Å². The van der Waals surface area contributed by atoms with E-state index in [0.29, 0.717) is 12.1 Å². The smallest absolute Gasteiger partial charge is 0.242 e. The van der Waals surface area contributed by atoms with E-state index in [1.165, 1.54) is 28.4 Å². The van der Waals surface area contributed by atoms with Crippen LogP contribution in [0.15, 0.2) is 29.6 Å². The number of carbonyl (C=O) groups is 2. The van der Waals surface area contributed by atoms with E-state index in [2.05, 4.69) is 10.3 Å². The molecule has 0 aliphatic heterocycles. The Morgan fingerprint density at radius 3 is 2.83 bits per heavy atom. The number of nitrogens with one attached hydrogen (secondary N) is 1. The zero-order chi connectivity index (χ0) is 16.8. The van der Waals surface area contributed by atoms with Gasteiger partial charge in [-0.25, -0.2) is 9.37 Å². The summed E-state index contributed by atoms with van der Waals surface area (Å²) < 4.78 is 13.0. The number of rotatable bonds is 6. The first kappa shape index (κ1) is 17.1. The summed E-state index contributed by atoms with van der Waals surface area (Å²) in [6.07, 6.45) is 0.0417. The standard InChI is InChI=1S/C16H18FN3O2S/c1-11-19-14(10-23-11)9-20(2)16(22)8-18-15(21)7-12-4-3-5-13(17)6-12/h3-6,10H,7-9H2,1-2H3,(H,18,21). The lowest BCUT2D eigenvalue weighted by atomic mass is 10.1. The minimum absolute atomic E-state index is 0.0417. The molecule has 2 rings (SSSR count). The molecule has 1 N–H and O–H groups in total. The maximum Gasteiger partial charge on any atom is 0.242 e. The van der Waals surface area contributed by atoms with Gasteiger partial charge < -0.3 is 10.2 Å². The Hall–Kier alpha value is -2.28. The first-order valence-electron chi connectivity index (χ1n) is 7.10. The van der Waals surface area contributed by atoms with Gasteiger partial charge >= 0.3 is 0 Å². The minimum atomic E-state index is -0.385. The van der Waals surface area contributed by atoms with Crippen LogP contribution in [0, 0.1) is 12.7 Å². The number of nitrogens with zero attached hydrogens (tertiary/aromatic N) is 2. The molecule has 0 aliphatic carbocycles.